The molecule has 4 rings (SSSR count). The van der Waals surface area contributed by atoms with Gasteiger partial charge in [-0.1, -0.05) is 59.9 Å². The lowest BCUT2D eigenvalue weighted by Crippen LogP contribution is -2.23. The van der Waals surface area contributed by atoms with Crippen LogP contribution < -0.4 is 10.2 Å². The van der Waals surface area contributed by atoms with E-state index in [-0.39, 0.29) is 17.8 Å². The number of benzene rings is 2. The van der Waals surface area contributed by atoms with Gasteiger partial charge in [-0.3, -0.25) is 14.4 Å². The number of nitrogens with one attached hydrogen (secondary N) is 1. The maximum Gasteiger partial charge on any atom is 0.308 e. The Balaban J connectivity index is 1.42. The predicted molar refractivity (Wildman–Crippen MR) is 127 cm³/mol. The van der Waals surface area contributed by atoms with E-state index in [0.29, 0.717) is 11.5 Å². The monoisotopic (exact) mass is 462 g/mol. The van der Waals surface area contributed by atoms with Crippen LogP contribution >= 0.6 is 11.3 Å². The molecular weight excluding hydrogens is 440 g/mol. The number of aryl methyl sites for hydroxylation is 1. The van der Waals surface area contributed by atoms with Gasteiger partial charge in [-0.05, 0) is 19.1 Å². The van der Waals surface area contributed by atoms with Crippen LogP contribution in [0.15, 0.2) is 76.9 Å². The fraction of sp³-hybridized carbons (Fsp3) is 0.167. The molecule has 0 aliphatic rings. The zero-order valence-corrected chi connectivity index (χ0v) is 18.7. The third kappa shape index (κ3) is 5.45. The average molecular weight is 463 g/mol. The standard InChI is InChI=1S/C24H22N4O4S/c1-17-16-33-24(31)27(17)13-12-23(30)32-15-22(29)25-21-14-20(18-8-4-2-5-9-18)26-28(21)19-10-6-3-7-11-19/h2-11,14,16H,12-13,15H2,1H3,(H,25,29). The smallest absolute Gasteiger partial charge is 0.308 e. The molecule has 0 atom stereocenters. The SMILES string of the molecule is Cc1csc(=O)n1CCC(=O)OCC(=O)Nc1cc(-c2ccccc2)nn1-c1ccccc1. The summed E-state index contributed by atoms with van der Waals surface area (Å²) in [5.74, 6) is -0.574. The van der Waals surface area contributed by atoms with Crippen molar-refractivity contribution < 1.29 is 14.3 Å². The van der Waals surface area contributed by atoms with Gasteiger partial charge < -0.3 is 14.6 Å². The summed E-state index contributed by atoms with van der Waals surface area (Å²) in [4.78, 5) is 36.2. The minimum Gasteiger partial charge on any atom is -0.456 e. The summed E-state index contributed by atoms with van der Waals surface area (Å²) in [6.07, 6.45) is 0.00482. The van der Waals surface area contributed by atoms with Gasteiger partial charge in [0, 0.05) is 29.2 Å². The summed E-state index contributed by atoms with van der Waals surface area (Å²) in [5.41, 5.74) is 3.18. The number of nitrogens with zero attached hydrogens (tertiary/aromatic N) is 3. The average Bonchev–Trinajstić information content (AvgIpc) is 3.40. The summed E-state index contributed by atoms with van der Waals surface area (Å²) in [6, 6.07) is 20.8. The molecule has 2 aromatic heterocycles. The Morgan fingerprint density at radius 1 is 1.06 bits per heavy atom. The van der Waals surface area contributed by atoms with E-state index in [1.807, 2.05) is 60.7 Å². The maximum absolute atomic E-state index is 12.5. The fourth-order valence-corrected chi connectivity index (χ4v) is 4.02. The van der Waals surface area contributed by atoms with Crippen LogP contribution in [0.25, 0.3) is 16.9 Å². The number of aromatic nitrogens is 3. The van der Waals surface area contributed by atoms with Crippen LogP contribution in [-0.2, 0) is 20.9 Å². The molecule has 1 N–H and O–H groups in total. The van der Waals surface area contributed by atoms with Crippen molar-refractivity contribution in [3.05, 3.63) is 87.5 Å². The summed E-state index contributed by atoms with van der Waals surface area (Å²) in [6.45, 7) is 1.59. The molecular formula is C24H22N4O4S. The number of anilines is 1. The lowest BCUT2D eigenvalue weighted by Gasteiger charge is -2.09. The molecule has 9 heteroatoms. The Labute approximate surface area is 194 Å². The highest BCUT2D eigenvalue weighted by Gasteiger charge is 2.15. The Morgan fingerprint density at radius 3 is 2.42 bits per heavy atom. The molecule has 0 aliphatic carbocycles. The highest BCUT2D eigenvalue weighted by molar-refractivity contribution is 7.07. The Hall–Kier alpha value is -3.98. The highest BCUT2D eigenvalue weighted by Crippen LogP contribution is 2.24. The Bertz CT molecular complexity index is 1310. The molecule has 168 valence electrons. The molecule has 0 saturated heterocycles. The van der Waals surface area contributed by atoms with Gasteiger partial charge in [0.1, 0.15) is 5.82 Å². The Morgan fingerprint density at radius 2 is 1.76 bits per heavy atom. The number of esters is 1. The summed E-state index contributed by atoms with van der Waals surface area (Å²) in [5, 5.41) is 9.15. The van der Waals surface area contributed by atoms with Crippen molar-refractivity contribution in [3.8, 4) is 16.9 Å². The van der Waals surface area contributed by atoms with Crippen molar-refractivity contribution in [3.63, 3.8) is 0 Å². The number of ether oxygens (including phenoxy) is 1. The van der Waals surface area contributed by atoms with Gasteiger partial charge in [0.25, 0.3) is 5.91 Å². The molecule has 0 unspecified atom stereocenters. The number of carbonyl (C=O) groups excluding carboxylic acids is 2. The number of para-hydroxylation sites is 1. The number of hydrogen-bond acceptors (Lipinski definition) is 6. The molecule has 0 aliphatic heterocycles. The van der Waals surface area contributed by atoms with E-state index >= 15 is 0 Å². The van der Waals surface area contributed by atoms with E-state index in [2.05, 4.69) is 10.4 Å². The molecule has 2 heterocycles. The second-order valence-corrected chi connectivity index (χ2v) is 8.10. The molecule has 0 radical (unpaired) electrons. The first-order valence-corrected chi connectivity index (χ1v) is 11.2. The predicted octanol–water partition coefficient (Wildman–Crippen LogP) is 3.64. The number of hydrogen-bond donors (Lipinski definition) is 1. The largest absolute Gasteiger partial charge is 0.456 e. The number of rotatable bonds is 8. The van der Waals surface area contributed by atoms with Crippen LogP contribution in [-0.4, -0.2) is 32.8 Å². The Kier molecular flexibility index (Phi) is 6.80. The van der Waals surface area contributed by atoms with Crippen molar-refractivity contribution in [1.82, 2.24) is 14.3 Å². The summed E-state index contributed by atoms with van der Waals surface area (Å²) >= 11 is 1.08. The normalized spacial score (nSPS) is 10.7. The van der Waals surface area contributed by atoms with Crippen molar-refractivity contribution in [2.75, 3.05) is 11.9 Å². The highest BCUT2D eigenvalue weighted by atomic mass is 32.1. The first kappa shape index (κ1) is 22.2. The molecule has 0 bridgehead atoms. The third-order valence-electron chi connectivity index (χ3n) is 4.93. The van der Waals surface area contributed by atoms with Crippen LogP contribution in [0.3, 0.4) is 0 Å². The van der Waals surface area contributed by atoms with Gasteiger partial charge in [0.2, 0.25) is 0 Å². The zero-order chi connectivity index (χ0) is 23.2. The second kappa shape index (κ2) is 10.1. The van der Waals surface area contributed by atoms with Crippen molar-refractivity contribution in [2.45, 2.75) is 19.9 Å². The topological polar surface area (TPSA) is 95.2 Å². The summed E-state index contributed by atoms with van der Waals surface area (Å²) in [7, 11) is 0. The quantitative estimate of drug-likeness (QED) is 0.404. The van der Waals surface area contributed by atoms with E-state index in [9.17, 15) is 14.4 Å². The lowest BCUT2D eigenvalue weighted by molar-refractivity contribution is -0.147. The number of thiazole rings is 1. The molecule has 33 heavy (non-hydrogen) atoms. The van der Waals surface area contributed by atoms with E-state index < -0.39 is 18.5 Å². The van der Waals surface area contributed by atoms with Crippen LogP contribution in [0.1, 0.15) is 12.1 Å². The minimum atomic E-state index is -0.552. The van der Waals surface area contributed by atoms with Gasteiger partial charge in [-0.15, -0.1) is 0 Å². The summed E-state index contributed by atoms with van der Waals surface area (Å²) < 4.78 is 8.24. The van der Waals surface area contributed by atoms with Crippen LogP contribution in [0.4, 0.5) is 5.82 Å². The molecule has 8 nitrogen and oxygen atoms in total. The minimum absolute atomic E-state index is 0.00482. The molecule has 1 amide bonds. The van der Waals surface area contributed by atoms with E-state index in [1.54, 1.807) is 23.1 Å². The van der Waals surface area contributed by atoms with Crippen molar-refractivity contribution in [1.29, 1.82) is 0 Å². The van der Waals surface area contributed by atoms with Gasteiger partial charge >= 0.3 is 10.8 Å². The lowest BCUT2D eigenvalue weighted by atomic mass is 10.2. The van der Waals surface area contributed by atoms with Crippen LogP contribution in [0.5, 0.6) is 0 Å². The first-order chi connectivity index (χ1) is 16.0. The van der Waals surface area contributed by atoms with E-state index in [1.165, 1.54) is 4.57 Å². The second-order valence-electron chi connectivity index (χ2n) is 7.28. The van der Waals surface area contributed by atoms with Gasteiger partial charge in [0.15, 0.2) is 6.61 Å². The fourth-order valence-electron chi connectivity index (χ4n) is 3.26. The molecule has 0 saturated carbocycles. The molecule has 2 aromatic carbocycles. The molecule has 0 fully saturated rings. The maximum atomic E-state index is 12.5. The van der Waals surface area contributed by atoms with Crippen LogP contribution in [0.2, 0.25) is 0 Å². The van der Waals surface area contributed by atoms with E-state index in [0.717, 1.165) is 28.3 Å². The molecule has 0 spiro atoms. The van der Waals surface area contributed by atoms with Crippen LogP contribution in [0, 0.1) is 6.92 Å². The zero-order valence-electron chi connectivity index (χ0n) is 17.9. The van der Waals surface area contributed by atoms with Gasteiger partial charge in [-0.2, -0.15) is 5.10 Å². The van der Waals surface area contributed by atoms with Crippen molar-refractivity contribution in [2.24, 2.45) is 0 Å². The third-order valence-corrected chi connectivity index (χ3v) is 5.81. The first-order valence-electron chi connectivity index (χ1n) is 10.3. The number of amides is 1. The van der Waals surface area contributed by atoms with Gasteiger partial charge in [-0.25, -0.2) is 4.68 Å². The number of carbonyl (C=O) groups is 2. The van der Waals surface area contributed by atoms with E-state index in [4.69, 9.17) is 4.74 Å². The van der Waals surface area contributed by atoms with Gasteiger partial charge in [0.05, 0.1) is 17.8 Å². The molecule has 4 aromatic rings. The van der Waals surface area contributed by atoms with Crippen molar-refractivity contribution >= 4 is 29.0 Å².